The Balaban J connectivity index is 2.60. The Bertz CT molecular complexity index is 332. The number of nitrogens with zero attached hydrogens (tertiary/aromatic N) is 1. The van der Waals surface area contributed by atoms with Crippen molar-refractivity contribution in [2.45, 2.75) is 26.2 Å². The van der Waals surface area contributed by atoms with Crippen LogP contribution in [0.4, 0.5) is 8.78 Å². The van der Waals surface area contributed by atoms with E-state index in [-0.39, 0.29) is 6.54 Å². The summed E-state index contributed by atoms with van der Waals surface area (Å²) in [6, 6.07) is 0. The largest absolute Gasteiger partial charge is 0.481 e. The fourth-order valence-electron chi connectivity index (χ4n) is 1.62. The van der Waals surface area contributed by atoms with Crippen LogP contribution in [0.15, 0.2) is 0 Å². The maximum atomic E-state index is 12.9. The van der Waals surface area contributed by atoms with Crippen molar-refractivity contribution in [3.05, 3.63) is 0 Å². The second kappa shape index (κ2) is 3.68. The highest BCUT2D eigenvalue weighted by Crippen LogP contribution is 2.60. The Morgan fingerprint density at radius 1 is 1.50 bits per heavy atom. The first-order valence-corrected chi connectivity index (χ1v) is 4.98. The molecule has 1 aliphatic rings. The average molecular weight is 235 g/mol. The fourth-order valence-corrected chi connectivity index (χ4v) is 1.62. The Morgan fingerprint density at radius 3 is 2.25 bits per heavy atom. The number of carboxylic acid groups (broad SMARTS) is 1. The van der Waals surface area contributed by atoms with Gasteiger partial charge in [-0.15, -0.1) is 0 Å². The van der Waals surface area contributed by atoms with Gasteiger partial charge in [-0.3, -0.25) is 9.59 Å². The number of carbonyl (C=O) groups excluding carboxylic acids is 1. The van der Waals surface area contributed by atoms with Crippen molar-refractivity contribution in [1.29, 1.82) is 0 Å². The molecule has 1 amide bonds. The molecule has 0 bridgehead atoms. The minimum absolute atomic E-state index is 0.0557. The minimum Gasteiger partial charge on any atom is -0.481 e. The van der Waals surface area contributed by atoms with Crippen molar-refractivity contribution >= 4 is 11.9 Å². The highest BCUT2D eigenvalue weighted by atomic mass is 19.3. The molecule has 0 aliphatic heterocycles. The molecule has 0 aromatic heterocycles. The van der Waals surface area contributed by atoms with Crippen molar-refractivity contribution in [3.63, 3.8) is 0 Å². The first-order valence-electron chi connectivity index (χ1n) is 4.98. The number of amides is 1. The van der Waals surface area contributed by atoms with Gasteiger partial charge in [0.05, 0.1) is 5.92 Å². The monoisotopic (exact) mass is 235 g/mol. The third kappa shape index (κ3) is 2.01. The molecule has 0 spiro atoms. The highest BCUT2D eigenvalue weighted by Gasteiger charge is 2.73. The van der Waals surface area contributed by atoms with Gasteiger partial charge in [0, 0.05) is 20.0 Å². The zero-order valence-corrected chi connectivity index (χ0v) is 9.46. The third-order valence-corrected chi connectivity index (χ3v) is 3.05. The standard InChI is InChI=1S/C10H15F2NO3/c1-6(7(14)15)4-13(3)8(16)9(2)5-10(9,11)12/h6H,4-5H2,1-3H3,(H,14,15)/t6-,9-/m0/s1. The SMILES string of the molecule is C[C@@H](CN(C)C(=O)[C@]1(C)CC1(F)F)C(=O)O. The summed E-state index contributed by atoms with van der Waals surface area (Å²) in [7, 11) is 1.35. The second-order valence-electron chi connectivity index (χ2n) is 4.64. The van der Waals surface area contributed by atoms with Gasteiger partial charge in [0.15, 0.2) is 0 Å². The van der Waals surface area contributed by atoms with Gasteiger partial charge in [-0.2, -0.15) is 0 Å². The maximum Gasteiger partial charge on any atom is 0.308 e. The molecular formula is C10H15F2NO3. The number of rotatable bonds is 4. The molecule has 1 fully saturated rings. The second-order valence-corrected chi connectivity index (χ2v) is 4.64. The molecule has 0 radical (unpaired) electrons. The van der Waals surface area contributed by atoms with Crippen LogP contribution >= 0.6 is 0 Å². The Kier molecular flexibility index (Phi) is 2.96. The van der Waals surface area contributed by atoms with Gasteiger partial charge >= 0.3 is 5.97 Å². The van der Waals surface area contributed by atoms with Gasteiger partial charge < -0.3 is 10.0 Å². The number of aliphatic carboxylic acids is 1. The Hall–Kier alpha value is -1.20. The molecular weight excluding hydrogens is 220 g/mol. The van der Waals surface area contributed by atoms with Gasteiger partial charge in [-0.25, -0.2) is 8.78 Å². The van der Waals surface area contributed by atoms with E-state index >= 15 is 0 Å². The van der Waals surface area contributed by atoms with Crippen molar-refractivity contribution in [1.82, 2.24) is 4.90 Å². The molecule has 1 rings (SSSR count). The lowest BCUT2D eigenvalue weighted by Crippen LogP contribution is -2.39. The van der Waals surface area contributed by atoms with Gasteiger partial charge in [0.25, 0.3) is 5.92 Å². The third-order valence-electron chi connectivity index (χ3n) is 3.05. The Labute approximate surface area is 92.2 Å². The fraction of sp³-hybridized carbons (Fsp3) is 0.800. The predicted molar refractivity (Wildman–Crippen MR) is 52.1 cm³/mol. The van der Waals surface area contributed by atoms with Crippen molar-refractivity contribution < 1.29 is 23.5 Å². The highest BCUT2D eigenvalue weighted by molar-refractivity contribution is 5.87. The van der Waals surface area contributed by atoms with E-state index in [0.29, 0.717) is 0 Å². The molecule has 92 valence electrons. The normalized spacial score (nSPS) is 28.3. The summed E-state index contributed by atoms with van der Waals surface area (Å²) in [6.07, 6.45) is -0.454. The summed E-state index contributed by atoms with van der Waals surface area (Å²) in [5, 5.41) is 8.65. The van der Waals surface area contributed by atoms with E-state index < -0.39 is 35.6 Å². The van der Waals surface area contributed by atoms with Gasteiger partial charge in [-0.1, -0.05) is 6.92 Å². The van der Waals surface area contributed by atoms with Crippen LogP contribution in [-0.2, 0) is 9.59 Å². The quantitative estimate of drug-likeness (QED) is 0.796. The first kappa shape index (κ1) is 12.9. The van der Waals surface area contributed by atoms with Crippen LogP contribution in [0.5, 0.6) is 0 Å². The van der Waals surface area contributed by atoms with Crippen LogP contribution < -0.4 is 0 Å². The molecule has 0 aromatic rings. The van der Waals surface area contributed by atoms with Crippen LogP contribution in [-0.4, -0.2) is 41.4 Å². The van der Waals surface area contributed by atoms with Crippen molar-refractivity contribution in [2.24, 2.45) is 11.3 Å². The molecule has 6 heteroatoms. The van der Waals surface area contributed by atoms with E-state index in [1.54, 1.807) is 0 Å². The lowest BCUT2D eigenvalue weighted by Gasteiger charge is -2.23. The lowest BCUT2D eigenvalue weighted by atomic mass is 10.1. The Morgan fingerprint density at radius 2 is 1.94 bits per heavy atom. The van der Waals surface area contributed by atoms with Crippen LogP contribution in [0.3, 0.4) is 0 Å². The summed E-state index contributed by atoms with van der Waals surface area (Å²) in [5.74, 6) is -5.45. The van der Waals surface area contributed by atoms with E-state index in [1.807, 2.05) is 0 Å². The summed E-state index contributed by atoms with van der Waals surface area (Å²) < 4.78 is 25.8. The van der Waals surface area contributed by atoms with E-state index in [4.69, 9.17) is 5.11 Å². The molecule has 1 N–H and O–H groups in total. The maximum absolute atomic E-state index is 12.9. The van der Waals surface area contributed by atoms with Gasteiger partial charge in [-0.05, 0) is 6.92 Å². The number of hydrogen-bond donors (Lipinski definition) is 1. The minimum atomic E-state index is -2.95. The summed E-state index contributed by atoms with van der Waals surface area (Å²) >= 11 is 0. The lowest BCUT2D eigenvalue weighted by molar-refractivity contribution is -0.144. The molecule has 0 unspecified atom stereocenters. The summed E-state index contributed by atoms with van der Waals surface area (Å²) in [4.78, 5) is 23.3. The molecule has 4 nitrogen and oxygen atoms in total. The topological polar surface area (TPSA) is 57.6 Å². The van der Waals surface area contributed by atoms with E-state index in [1.165, 1.54) is 20.9 Å². The average Bonchev–Trinajstić information content (AvgIpc) is 2.65. The molecule has 16 heavy (non-hydrogen) atoms. The van der Waals surface area contributed by atoms with E-state index in [9.17, 15) is 18.4 Å². The zero-order valence-electron chi connectivity index (χ0n) is 9.46. The van der Waals surface area contributed by atoms with Crippen LogP contribution in [0.2, 0.25) is 0 Å². The number of hydrogen-bond acceptors (Lipinski definition) is 2. The number of halogens is 2. The van der Waals surface area contributed by atoms with Crippen LogP contribution in [0.1, 0.15) is 20.3 Å². The van der Waals surface area contributed by atoms with Crippen molar-refractivity contribution in [3.8, 4) is 0 Å². The van der Waals surface area contributed by atoms with Crippen molar-refractivity contribution in [2.75, 3.05) is 13.6 Å². The molecule has 0 aromatic carbocycles. The first-order chi connectivity index (χ1) is 7.12. The number of carbonyl (C=O) groups is 2. The summed E-state index contributed by atoms with van der Waals surface area (Å²) in [6.45, 7) is 2.58. The molecule has 0 saturated heterocycles. The molecule has 1 aliphatic carbocycles. The van der Waals surface area contributed by atoms with Gasteiger partial charge in [0.1, 0.15) is 5.41 Å². The van der Waals surface area contributed by atoms with Crippen LogP contribution in [0.25, 0.3) is 0 Å². The van der Waals surface area contributed by atoms with Gasteiger partial charge in [0.2, 0.25) is 5.91 Å². The predicted octanol–water partition coefficient (Wildman–Crippen LogP) is 1.21. The number of alkyl halides is 2. The molecule has 2 atom stereocenters. The smallest absolute Gasteiger partial charge is 0.308 e. The van der Waals surface area contributed by atoms with E-state index in [0.717, 1.165) is 4.90 Å². The number of carboxylic acids is 1. The van der Waals surface area contributed by atoms with E-state index in [2.05, 4.69) is 0 Å². The summed E-state index contributed by atoms with van der Waals surface area (Å²) in [5.41, 5.74) is -1.64. The van der Waals surface area contributed by atoms with Crippen LogP contribution in [0, 0.1) is 11.3 Å². The zero-order chi connectivity index (χ0) is 12.7. The molecule has 1 saturated carbocycles. The molecule has 0 heterocycles.